The Morgan fingerprint density at radius 3 is 2.65 bits per heavy atom. The Bertz CT molecular complexity index is 1110. The molecule has 0 unspecified atom stereocenters. The van der Waals surface area contributed by atoms with Crippen LogP contribution in [0.2, 0.25) is 5.02 Å². The molecule has 1 fully saturated rings. The molecule has 8 heteroatoms. The molecule has 0 aliphatic carbocycles. The number of phenolic OH excluding ortho intramolecular Hbond substituents is 1. The maximum atomic E-state index is 12.9. The number of nitrogens with zero attached hydrogens (tertiary/aromatic N) is 2. The van der Waals surface area contributed by atoms with Gasteiger partial charge in [0.1, 0.15) is 0 Å². The van der Waals surface area contributed by atoms with E-state index < -0.39 is 23.0 Å². The number of aromatic hydroxyl groups is 1. The molecule has 1 aromatic heterocycles. The van der Waals surface area contributed by atoms with Gasteiger partial charge in [-0.15, -0.1) is 12.8 Å². The SMILES string of the molecule is C#C.CCn1cc(-c2cccc(C[C@@H]3CCCCN3)c2)cn1.NC(=O)c1c(Cl)ccc(O)c1F. The molecule has 0 spiro atoms. The topological polar surface area (TPSA) is 93.2 Å². The number of amides is 1. The number of hydrogen-bond donors (Lipinski definition) is 3. The molecule has 2 heterocycles. The van der Waals surface area contributed by atoms with Gasteiger partial charge in [0.25, 0.3) is 5.91 Å². The van der Waals surface area contributed by atoms with Gasteiger partial charge in [-0.1, -0.05) is 42.3 Å². The predicted molar refractivity (Wildman–Crippen MR) is 134 cm³/mol. The minimum Gasteiger partial charge on any atom is -0.505 e. The maximum absolute atomic E-state index is 12.9. The second-order valence-electron chi connectivity index (χ2n) is 7.76. The van der Waals surface area contributed by atoms with Crippen LogP contribution in [-0.2, 0) is 13.0 Å². The van der Waals surface area contributed by atoms with Crippen LogP contribution in [0.4, 0.5) is 4.39 Å². The maximum Gasteiger partial charge on any atom is 0.253 e. The normalized spacial score (nSPS) is 14.8. The Hall–Kier alpha value is -3.34. The second kappa shape index (κ2) is 13.4. The number of nitrogens with one attached hydrogen (secondary N) is 1. The van der Waals surface area contributed by atoms with Gasteiger partial charge in [0.05, 0.1) is 16.8 Å². The van der Waals surface area contributed by atoms with Gasteiger partial charge in [-0.2, -0.15) is 5.10 Å². The van der Waals surface area contributed by atoms with Crippen molar-refractivity contribution < 1.29 is 14.3 Å². The van der Waals surface area contributed by atoms with Crippen LogP contribution in [0.1, 0.15) is 42.1 Å². The summed E-state index contributed by atoms with van der Waals surface area (Å²) in [6.45, 7) is 4.21. The highest BCUT2D eigenvalue weighted by Gasteiger charge is 2.16. The first-order valence-electron chi connectivity index (χ1n) is 11.0. The molecule has 1 amide bonds. The fourth-order valence-electron chi connectivity index (χ4n) is 3.71. The number of phenols is 1. The van der Waals surface area contributed by atoms with E-state index >= 15 is 0 Å². The highest BCUT2D eigenvalue weighted by Crippen LogP contribution is 2.25. The van der Waals surface area contributed by atoms with E-state index in [-0.39, 0.29) is 5.02 Å². The molecule has 180 valence electrons. The number of carbonyl (C=O) groups is 1. The zero-order valence-corrected chi connectivity index (χ0v) is 19.9. The van der Waals surface area contributed by atoms with Crippen molar-refractivity contribution in [2.45, 2.75) is 45.2 Å². The van der Waals surface area contributed by atoms with Crippen molar-refractivity contribution in [2.75, 3.05) is 6.54 Å². The highest BCUT2D eigenvalue weighted by molar-refractivity contribution is 6.33. The molecule has 1 atom stereocenters. The van der Waals surface area contributed by atoms with Crippen molar-refractivity contribution in [2.24, 2.45) is 5.73 Å². The summed E-state index contributed by atoms with van der Waals surface area (Å²) in [6.07, 6.45) is 17.2. The lowest BCUT2D eigenvalue weighted by atomic mass is 9.96. The van der Waals surface area contributed by atoms with Crippen LogP contribution in [0.25, 0.3) is 11.1 Å². The fraction of sp³-hybridized carbons (Fsp3) is 0.308. The third-order valence-electron chi connectivity index (χ3n) is 5.43. The van der Waals surface area contributed by atoms with Crippen LogP contribution < -0.4 is 11.1 Å². The third kappa shape index (κ3) is 7.34. The van der Waals surface area contributed by atoms with Crippen LogP contribution in [0.15, 0.2) is 48.8 Å². The van der Waals surface area contributed by atoms with E-state index in [0.717, 1.165) is 19.0 Å². The number of benzene rings is 2. The molecule has 4 N–H and O–H groups in total. The summed E-state index contributed by atoms with van der Waals surface area (Å²) in [7, 11) is 0. The summed E-state index contributed by atoms with van der Waals surface area (Å²) in [6, 6.07) is 11.8. The average Bonchev–Trinajstić information content (AvgIpc) is 3.34. The Morgan fingerprint density at radius 2 is 2.06 bits per heavy atom. The first-order chi connectivity index (χ1) is 16.4. The first kappa shape index (κ1) is 26.9. The minimum absolute atomic E-state index is 0.113. The molecule has 0 saturated carbocycles. The number of aromatic nitrogens is 2. The Labute approximate surface area is 204 Å². The van der Waals surface area contributed by atoms with Crippen molar-refractivity contribution in [1.82, 2.24) is 15.1 Å². The summed E-state index contributed by atoms with van der Waals surface area (Å²) >= 11 is 5.44. The van der Waals surface area contributed by atoms with Crippen LogP contribution in [0.5, 0.6) is 5.75 Å². The molecule has 34 heavy (non-hydrogen) atoms. The minimum atomic E-state index is -1.09. The molecule has 6 nitrogen and oxygen atoms in total. The summed E-state index contributed by atoms with van der Waals surface area (Å²) in [5, 5.41) is 16.7. The molecule has 2 aromatic carbocycles. The number of aryl methyl sites for hydroxylation is 1. The van der Waals surface area contributed by atoms with E-state index in [9.17, 15) is 9.18 Å². The van der Waals surface area contributed by atoms with Crippen LogP contribution >= 0.6 is 11.6 Å². The molecule has 1 saturated heterocycles. The smallest absolute Gasteiger partial charge is 0.253 e. The monoisotopic (exact) mass is 484 g/mol. The van der Waals surface area contributed by atoms with E-state index in [1.807, 2.05) is 10.9 Å². The molecule has 1 aliphatic rings. The van der Waals surface area contributed by atoms with E-state index in [1.54, 1.807) is 0 Å². The van der Waals surface area contributed by atoms with Gasteiger partial charge in [-0.3, -0.25) is 9.48 Å². The van der Waals surface area contributed by atoms with Crippen LogP contribution in [0.3, 0.4) is 0 Å². The molecular weight excluding hydrogens is 455 g/mol. The van der Waals surface area contributed by atoms with Gasteiger partial charge < -0.3 is 16.2 Å². The fourth-order valence-corrected chi connectivity index (χ4v) is 3.95. The van der Waals surface area contributed by atoms with Gasteiger partial charge in [0.15, 0.2) is 11.6 Å². The number of rotatable bonds is 5. The van der Waals surface area contributed by atoms with Crippen LogP contribution in [0, 0.1) is 18.7 Å². The van der Waals surface area contributed by atoms with Gasteiger partial charge in [0.2, 0.25) is 0 Å². The zero-order chi connectivity index (χ0) is 25.1. The van der Waals surface area contributed by atoms with Gasteiger partial charge in [0, 0.05) is 24.3 Å². The van der Waals surface area contributed by atoms with Crippen molar-refractivity contribution in [3.8, 4) is 29.7 Å². The second-order valence-corrected chi connectivity index (χ2v) is 8.16. The molecule has 0 bridgehead atoms. The summed E-state index contributed by atoms with van der Waals surface area (Å²) in [4.78, 5) is 10.6. The number of halogens is 2. The number of nitrogens with two attached hydrogens (primary N) is 1. The molecule has 1 aliphatic heterocycles. The highest BCUT2D eigenvalue weighted by atomic mass is 35.5. The number of carbonyl (C=O) groups excluding carboxylic acids is 1. The van der Waals surface area contributed by atoms with Crippen LogP contribution in [-0.4, -0.2) is 33.4 Å². The van der Waals surface area contributed by atoms with Gasteiger partial charge >= 0.3 is 0 Å². The van der Waals surface area contributed by atoms with E-state index in [0.29, 0.717) is 6.04 Å². The molecule has 4 rings (SSSR count). The van der Waals surface area contributed by atoms with Crippen molar-refractivity contribution in [3.63, 3.8) is 0 Å². The van der Waals surface area contributed by atoms with Gasteiger partial charge in [-0.05, 0) is 56.0 Å². The number of hydrogen-bond acceptors (Lipinski definition) is 4. The van der Waals surface area contributed by atoms with Gasteiger partial charge in [-0.25, -0.2) is 4.39 Å². The zero-order valence-electron chi connectivity index (χ0n) is 19.2. The lowest BCUT2D eigenvalue weighted by Crippen LogP contribution is -2.35. The largest absolute Gasteiger partial charge is 0.505 e. The standard InChI is InChI=1S/C17H23N3.C7H5ClFNO2.C2H2/c1-2-20-13-16(12-19-20)15-7-5-6-14(10-15)11-17-8-3-4-9-18-17;8-3-1-2-4(11)6(9)5(3)7(10)12;1-2/h5-7,10,12-13,17-18H,2-4,8-9,11H2,1H3;1-2,11H,(H2,10,12);1-2H/t17-;;/m0../s1. The molecule has 0 radical (unpaired) electrons. The number of primary amides is 1. The summed E-state index contributed by atoms with van der Waals surface area (Å²) < 4.78 is 14.9. The Kier molecular flexibility index (Phi) is 10.6. The molecule has 3 aromatic rings. The van der Waals surface area contributed by atoms with E-state index in [2.05, 4.69) is 60.6 Å². The predicted octanol–water partition coefficient (Wildman–Crippen LogP) is 4.79. The third-order valence-corrected chi connectivity index (χ3v) is 5.74. The Balaban J connectivity index is 0.000000251. The number of terminal acetylenes is 1. The van der Waals surface area contributed by atoms with E-state index in [1.165, 1.54) is 48.6 Å². The average molecular weight is 485 g/mol. The summed E-state index contributed by atoms with van der Waals surface area (Å²) in [5.74, 6) is -2.74. The summed E-state index contributed by atoms with van der Waals surface area (Å²) in [5.41, 5.74) is 8.23. The molecular formula is C26H30ClFN4O2. The number of piperidine rings is 1. The Morgan fingerprint density at radius 1 is 1.29 bits per heavy atom. The first-order valence-corrected chi connectivity index (χ1v) is 11.4. The lowest BCUT2D eigenvalue weighted by molar-refractivity contribution is 0.0996. The lowest BCUT2D eigenvalue weighted by Gasteiger charge is -2.23. The quantitative estimate of drug-likeness (QED) is 0.454. The van der Waals surface area contributed by atoms with E-state index in [4.69, 9.17) is 22.4 Å². The van der Waals surface area contributed by atoms with Crippen molar-refractivity contribution in [1.29, 1.82) is 0 Å². The van der Waals surface area contributed by atoms with Crippen molar-refractivity contribution in [3.05, 3.63) is 70.8 Å². The van der Waals surface area contributed by atoms with Crippen molar-refractivity contribution >= 4 is 17.5 Å².